The van der Waals surface area contributed by atoms with Crippen molar-refractivity contribution < 1.29 is 19.4 Å². The fourth-order valence-corrected chi connectivity index (χ4v) is 2.53. The quantitative estimate of drug-likeness (QED) is 0.609. The van der Waals surface area contributed by atoms with Crippen molar-refractivity contribution in [2.24, 2.45) is 0 Å². The zero-order valence-electron chi connectivity index (χ0n) is 10.7. The molecular formula is C11H19N3O4. The van der Waals surface area contributed by atoms with Crippen LogP contribution in [-0.2, 0) is 9.53 Å². The lowest BCUT2D eigenvalue weighted by molar-refractivity contribution is -0.162. The minimum atomic E-state index is -1.51. The lowest BCUT2D eigenvalue weighted by atomic mass is 10.1. The Morgan fingerprint density at radius 3 is 3.00 bits per heavy atom. The van der Waals surface area contributed by atoms with Gasteiger partial charge >= 0.3 is 12.0 Å². The number of fused-ring (bicyclic) bond motifs is 1. The Kier molecular flexibility index (Phi) is 3.45. The van der Waals surface area contributed by atoms with Crippen molar-refractivity contribution >= 4 is 12.0 Å². The van der Waals surface area contributed by atoms with Crippen LogP contribution in [0, 0.1) is 0 Å². The minimum absolute atomic E-state index is 0.0284. The summed E-state index contributed by atoms with van der Waals surface area (Å²) in [4.78, 5) is 26.6. The second-order valence-corrected chi connectivity index (χ2v) is 5.03. The summed E-state index contributed by atoms with van der Waals surface area (Å²) in [5.74, 6) is -0.634. The van der Waals surface area contributed by atoms with E-state index >= 15 is 0 Å². The molecule has 2 saturated heterocycles. The van der Waals surface area contributed by atoms with Crippen LogP contribution in [-0.4, -0.2) is 78.4 Å². The van der Waals surface area contributed by atoms with Crippen LogP contribution in [0.15, 0.2) is 0 Å². The summed E-state index contributed by atoms with van der Waals surface area (Å²) in [5.41, 5.74) is -1.51. The number of nitrogens with zero attached hydrogens (tertiary/aromatic N) is 2. The molecule has 0 saturated carbocycles. The molecule has 2 unspecified atom stereocenters. The molecule has 0 aromatic heterocycles. The van der Waals surface area contributed by atoms with Crippen LogP contribution in [0.4, 0.5) is 4.79 Å². The van der Waals surface area contributed by atoms with Gasteiger partial charge < -0.3 is 20.1 Å². The van der Waals surface area contributed by atoms with E-state index in [1.807, 2.05) is 4.90 Å². The van der Waals surface area contributed by atoms with Crippen LogP contribution < -0.4 is 5.32 Å². The van der Waals surface area contributed by atoms with Crippen molar-refractivity contribution in [2.45, 2.75) is 18.6 Å². The molecule has 2 fully saturated rings. The molecule has 2 amide bonds. The molecule has 7 heteroatoms. The highest BCUT2D eigenvalue weighted by Gasteiger charge is 2.39. The average Bonchev–Trinajstić information content (AvgIpc) is 2.69. The molecule has 0 radical (unpaired) electrons. The molecule has 2 heterocycles. The zero-order valence-corrected chi connectivity index (χ0v) is 10.7. The van der Waals surface area contributed by atoms with E-state index in [-0.39, 0.29) is 18.6 Å². The number of aliphatic hydroxyl groups is 1. The van der Waals surface area contributed by atoms with Crippen molar-refractivity contribution in [3.05, 3.63) is 0 Å². The van der Waals surface area contributed by atoms with Crippen molar-refractivity contribution in [3.63, 3.8) is 0 Å². The monoisotopic (exact) mass is 257 g/mol. The Morgan fingerprint density at radius 1 is 1.61 bits per heavy atom. The predicted molar refractivity (Wildman–Crippen MR) is 63.0 cm³/mol. The van der Waals surface area contributed by atoms with E-state index in [9.17, 15) is 14.7 Å². The van der Waals surface area contributed by atoms with Gasteiger partial charge in [-0.25, -0.2) is 9.59 Å². The van der Waals surface area contributed by atoms with Gasteiger partial charge in [-0.1, -0.05) is 0 Å². The van der Waals surface area contributed by atoms with Gasteiger partial charge in [0.05, 0.1) is 13.2 Å². The number of rotatable bonds is 3. The maximum absolute atomic E-state index is 11.4. The number of urea groups is 1. The lowest BCUT2D eigenvalue weighted by Crippen LogP contribution is -2.57. The van der Waals surface area contributed by atoms with Crippen LogP contribution >= 0.6 is 0 Å². The number of methoxy groups -OCH3 is 1. The number of nitrogens with one attached hydrogen (secondary N) is 1. The summed E-state index contributed by atoms with van der Waals surface area (Å²) in [6.07, 6.45) is 0. The first-order chi connectivity index (χ1) is 8.44. The van der Waals surface area contributed by atoms with Crippen LogP contribution in [0.2, 0.25) is 0 Å². The van der Waals surface area contributed by atoms with Crippen molar-refractivity contribution in [2.75, 3.05) is 39.8 Å². The van der Waals surface area contributed by atoms with Gasteiger partial charge in [-0.05, 0) is 6.92 Å². The highest BCUT2D eigenvalue weighted by molar-refractivity contribution is 5.79. The number of ether oxygens (including phenoxy) is 1. The van der Waals surface area contributed by atoms with Gasteiger partial charge in [0.2, 0.25) is 0 Å². The molecule has 0 spiro atoms. The second-order valence-electron chi connectivity index (χ2n) is 5.03. The van der Waals surface area contributed by atoms with E-state index in [1.165, 1.54) is 14.0 Å². The summed E-state index contributed by atoms with van der Waals surface area (Å²) < 4.78 is 4.57. The maximum Gasteiger partial charge on any atom is 0.338 e. The Bertz CT molecular complexity index is 358. The summed E-state index contributed by atoms with van der Waals surface area (Å²) in [5, 5.41) is 12.8. The molecule has 7 nitrogen and oxygen atoms in total. The van der Waals surface area contributed by atoms with E-state index in [0.29, 0.717) is 26.2 Å². The standard InChI is InChI=1S/C11H19N3O4/c1-11(17,9(15)18-2)7-13-3-4-14-8(6-13)5-12-10(14)16/h8,17H,3-7H2,1-2H3,(H,12,16). The van der Waals surface area contributed by atoms with Gasteiger partial charge in [0.25, 0.3) is 0 Å². The van der Waals surface area contributed by atoms with Crippen LogP contribution in [0.25, 0.3) is 0 Å². The number of piperazine rings is 1. The summed E-state index contributed by atoms with van der Waals surface area (Å²) >= 11 is 0. The number of amides is 2. The third-order valence-corrected chi connectivity index (χ3v) is 3.47. The van der Waals surface area contributed by atoms with Crippen LogP contribution in [0.3, 0.4) is 0 Å². The highest BCUT2D eigenvalue weighted by Crippen LogP contribution is 2.17. The topological polar surface area (TPSA) is 82.1 Å². The highest BCUT2D eigenvalue weighted by atomic mass is 16.5. The number of esters is 1. The fourth-order valence-electron chi connectivity index (χ4n) is 2.53. The Morgan fingerprint density at radius 2 is 2.33 bits per heavy atom. The first kappa shape index (κ1) is 13.1. The molecule has 0 aromatic rings. The van der Waals surface area contributed by atoms with Crippen molar-refractivity contribution in [3.8, 4) is 0 Å². The Labute approximate surface area is 106 Å². The van der Waals surface area contributed by atoms with E-state index in [4.69, 9.17) is 0 Å². The number of hydrogen-bond donors (Lipinski definition) is 2. The molecular weight excluding hydrogens is 238 g/mol. The molecule has 2 aliphatic heterocycles. The van der Waals surface area contributed by atoms with Gasteiger partial charge in [-0.3, -0.25) is 4.90 Å². The van der Waals surface area contributed by atoms with E-state index in [0.717, 1.165) is 0 Å². The number of β-amino-alcohol motifs (C(OH)–C–C–N with tert-alkyl or cyclic N) is 1. The first-order valence-corrected chi connectivity index (χ1v) is 6.01. The average molecular weight is 257 g/mol. The molecule has 18 heavy (non-hydrogen) atoms. The molecule has 2 rings (SSSR count). The normalized spacial score (nSPS) is 27.4. The maximum atomic E-state index is 11.4. The van der Waals surface area contributed by atoms with Gasteiger partial charge in [-0.15, -0.1) is 0 Å². The molecule has 102 valence electrons. The molecule has 2 N–H and O–H groups in total. The molecule has 2 atom stereocenters. The number of carbonyl (C=O) groups excluding carboxylic acids is 2. The number of carbonyl (C=O) groups is 2. The second kappa shape index (κ2) is 4.74. The van der Waals surface area contributed by atoms with Gasteiger partial charge in [0.15, 0.2) is 5.60 Å². The van der Waals surface area contributed by atoms with E-state index in [1.54, 1.807) is 4.90 Å². The first-order valence-electron chi connectivity index (χ1n) is 6.01. The zero-order chi connectivity index (χ0) is 13.3. The Balaban J connectivity index is 1.93. The van der Waals surface area contributed by atoms with E-state index < -0.39 is 11.6 Å². The van der Waals surface area contributed by atoms with Gasteiger partial charge in [0, 0.05) is 32.7 Å². The third-order valence-electron chi connectivity index (χ3n) is 3.47. The summed E-state index contributed by atoms with van der Waals surface area (Å²) in [6.45, 7) is 4.22. The molecule has 0 bridgehead atoms. The number of hydrogen-bond acceptors (Lipinski definition) is 5. The third kappa shape index (κ3) is 2.41. The van der Waals surface area contributed by atoms with Crippen LogP contribution in [0.5, 0.6) is 0 Å². The smallest absolute Gasteiger partial charge is 0.338 e. The summed E-state index contributed by atoms with van der Waals surface area (Å²) in [7, 11) is 1.26. The van der Waals surface area contributed by atoms with E-state index in [2.05, 4.69) is 10.1 Å². The predicted octanol–water partition coefficient (Wildman–Crippen LogP) is -1.38. The van der Waals surface area contributed by atoms with Crippen LogP contribution in [0.1, 0.15) is 6.92 Å². The largest absolute Gasteiger partial charge is 0.467 e. The summed E-state index contributed by atoms with van der Waals surface area (Å²) in [6, 6.07) is 0.0964. The lowest BCUT2D eigenvalue weighted by Gasteiger charge is -2.38. The SMILES string of the molecule is COC(=O)C(C)(O)CN1CCN2C(=O)NCC2C1. The van der Waals surface area contributed by atoms with Gasteiger partial charge in [0.1, 0.15) is 0 Å². The molecule has 2 aliphatic rings. The van der Waals surface area contributed by atoms with Crippen molar-refractivity contribution in [1.82, 2.24) is 15.1 Å². The van der Waals surface area contributed by atoms with Crippen molar-refractivity contribution in [1.29, 1.82) is 0 Å². The Hall–Kier alpha value is -1.34. The molecule has 0 aromatic carbocycles. The fraction of sp³-hybridized carbons (Fsp3) is 0.818. The van der Waals surface area contributed by atoms with Gasteiger partial charge in [-0.2, -0.15) is 0 Å². The minimum Gasteiger partial charge on any atom is -0.467 e. The molecule has 0 aliphatic carbocycles.